The molecule has 42 heavy (non-hydrogen) atoms. The molecule has 0 radical (unpaired) electrons. The first kappa shape index (κ1) is 30.1. The molecule has 0 saturated carbocycles. The minimum absolute atomic E-state index is 0.0724. The molecule has 0 spiro atoms. The molecule has 4 N–H and O–H groups in total. The van der Waals surface area contributed by atoms with E-state index in [0.29, 0.717) is 47.1 Å². The summed E-state index contributed by atoms with van der Waals surface area (Å²) in [5.74, 6) is 0.314. The van der Waals surface area contributed by atoms with Crippen molar-refractivity contribution in [1.82, 2.24) is 20.6 Å². The average molecular weight is 577 g/mol. The van der Waals surface area contributed by atoms with Crippen LogP contribution in [0.4, 0.5) is 8.78 Å². The molecule has 0 bridgehead atoms. The maximum Gasteiger partial charge on any atom is 0.170 e. The van der Waals surface area contributed by atoms with Crippen LogP contribution in [-0.4, -0.2) is 47.7 Å². The Bertz CT molecular complexity index is 1450. The van der Waals surface area contributed by atoms with Crippen molar-refractivity contribution < 1.29 is 18.4 Å². The smallest absolute Gasteiger partial charge is 0.170 e. The number of carbonyl (C=O) groups is 2. The lowest BCUT2D eigenvalue weighted by atomic mass is 9.73. The molecule has 2 saturated heterocycles. The molecule has 0 amide bonds. The lowest BCUT2D eigenvalue weighted by molar-refractivity contribution is 0.0776. The van der Waals surface area contributed by atoms with Crippen molar-refractivity contribution >= 4 is 33.4 Å². The Kier molecular flexibility index (Phi) is 8.67. The van der Waals surface area contributed by atoms with Gasteiger partial charge in [0, 0.05) is 58.2 Å². The molecule has 1 unspecified atom stereocenters. The van der Waals surface area contributed by atoms with Gasteiger partial charge in [-0.1, -0.05) is 27.7 Å². The van der Waals surface area contributed by atoms with Crippen LogP contribution in [0.2, 0.25) is 0 Å². The monoisotopic (exact) mass is 576 g/mol. The number of nitrogens with one attached hydrogen (secondary N) is 4. The Morgan fingerprint density at radius 1 is 0.714 bits per heavy atom. The number of ketones is 2. The molecule has 2 atom stereocenters. The lowest BCUT2D eigenvalue weighted by Gasteiger charge is -2.28. The van der Waals surface area contributed by atoms with E-state index in [0.717, 1.165) is 49.5 Å². The van der Waals surface area contributed by atoms with E-state index < -0.39 is 0 Å². The van der Waals surface area contributed by atoms with Gasteiger partial charge in [-0.05, 0) is 87.0 Å². The van der Waals surface area contributed by atoms with Gasteiger partial charge in [0.1, 0.15) is 11.6 Å². The zero-order valence-corrected chi connectivity index (χ0v) is 25.0. The van der Waals surface area contributed by atoms with E-state index in [4.69, 9.17) is 0 Å². The van der Waals surface area contributed by atoms with Crippen LogP contribution >= 0.6 is 0 Å². The number of aromatic nitrogens is 2. The molecule has 0 aliphatic carbocycles. The highest BCUT2D eigenvalue weighted by atomic mass is 19.1. The number of hydrogen-bond acceptors (Lipinski definition) is 4. The highest BCUT2D eigenvalue weighted by molar-refractivity contribution is 6.04. The maximum absolute atomic E-state index is 14.1. The highest BCUT2D eigenvalue weighted by Gasteiger charge is 2.43. The molecule has 8 heteroatoms. The second-order valence-electron chi connectivity index (χ2n) is 13.1. The normalized spacial score (nSPS) is 22.3. The number of benzene rings is 2. The van der Waals surface area contributed by atoms with E-state index in [-0.39, 0.29) is 34.0 Å². The molecule has 6 nitrogen and oxygen atoms in total. The fraction of sp³-hybridized carbons (Fsp3) is 0.471. The SMILES string of the molecule is CC(C)CC1(C(=O)c2cc(F)c3[nH]ccc3c2)CCNC1.CC(C)C[C@]1(C(=O)c2cc(F)c3[nH]ccc3c2)CCNC1. The summed E-state index contributed by atoms with van der Waals surface area (Å²) in [4.78, 5) is 31.7. The molecule has 2 fully saturated rings. The quantitative estimate of drug-likeness (QED) is 0.170. The number of aromatic amines is 2. The number of Topliss-reactive ketones (excluding diaryl/α,β-unsaturated/α-hetero) is 2. The Morgan fingerprint density at radius 2 is 1.12 bits per heavy atom. The number of halogens is 2. The summed E-state index contributed by atoms with van der Waals surface area (Å²) >= 11 is 0. The van der Waals surface area contributed by atoms with E-state index >= 15 is 0 Å². The van der Waals surface area contributed by atoms with Gasteiger partial charge in [0.25, 0.3) is 0 Å². The molecular formula is C34H42F2N4O2. The van der Waals surface area contributed by atoms with Gasteiger partial charge in [0.15, 0.2) is 11.6 Å². The molecule has 2 aromatic carbocycles. The minimum atomic E-state index is -0.384. The Morgan fingerprint density at radius 3 is 1.45 bits per heavy atom. The zero-order valence-electron chi connectivity index (χ0n) is 25.0. The molecule has 6 rings (SSSR count). The number of hydrogen-bond donors (Lipinski definition) is 4. The van der Waals surface area contributed by atoms with Crippen LogP contribution in [0.1, 0.15) is 74.1 Å². The van der Waals surface area contributed by atoms with Crippen molar-refractivity contribution in [3.05, 3.63) is 71.6 Å². The fourth-order valence-corrected chi connectivity index (χ4v) is 7.10. The van der Waals surface area contributed by atoms with Crippen LogP contribution < -0.4 is 10.6 Å². The Balaban J connectivity index is 0.000000168. The van der Waals surface area contributed by atoms with Crippen molar-refractivity contribution in [1.29, 1.82) is 0 Å². The predicted octanol–water partition coefficient (Wildman–Crippen LogP) is 7.03. The topological polar surface area (TPSA) is 89.8 Å². The third-order valence-corrected chi connectivity index (χ3v) is 8.80. The minimum Gasteiger partial charge on any atom is -0.359 e. The molecule has 2 aliphatic rings. The summed E-state index contributed by atoms with van der Waals surface area (Å²) < 4.78 is 28.2. The predicted molar refractivity (Wildman–Crippen MR) is 164 cm³/mol. The molecule has 224 valence electrons. The van der Waals surface area contributed by atoms with E-state index in [1.165, 1.54) is 12.1 Å². The summed E-state index contributed by atoms with van der Waals surface area (Å²) in [5, 5.41) is 8.10. The van der Waals surface area contributed by atoms with Gasteiger partial charge in [0.2, 0.25) is 0 Å². The largest absolute Gasteiger partial charge is 0.359 e. The van der Waals surface area contributed by atoms with Crippen LogP contribution in [0.15, 0.2) is 48.8 Å². The van der Waals surface area contributed by atoms with Gasteiger partial charge in [-0.3, -0.25) is 9.59 Å². The number of fused-ring (bicyclic) bond motifs is 2. The molecular weight excluding hydrogens is 534 g/mol. The van der Waals surface area contributed by atoms with Crippen molar-refractivity contribution in [3.63, 3.8) is 0 Å². The average Bonchev–Trinajstić information content (AvgIpc) is 3.75. The Labute approximate surface area is 246 Å². The first-order valence-corrected chi connectivity index (χ1v) is 15.1. The lowest BCUT2D eigenvalue weighted by Crippen LogP contribution is -2.35. The van der Waals surface area contributed by atoms with Crippen LogP contribution in [-0.2, 0) is 0 Å². The van der Waals surface area contributed by atoms with E-state index in [1.807, 2.05) is 0 Å². The third-order valence-electron chi connectivity index (χ3n) is 8.80. The first-order chi connectivity index (χ1) is 20.0. The molecule has 2 aromatic heterocycles. The van der Waals surface area contributed by atoms with Crippen molar-refractivity contribution in [2.45, 2.75) is 53.4 Å². The van der Waals surface area contributed by atoms with Crippen LogP contribution in [0.25, 0.3) is 21.8 Å². The second-order valence-corrected chi connectivity index (χ2v) is 13.1. The van der Waals surface area contributed by atoms with E-state index in [2.05, 4.69) is 48.3 Å². The summed E-state index contributed by atoms with van der Waals surface area (Å²) in [6.45, 7) is 11.6. The summed E-state index contributed by atoms with van der Waals surface area (Å²) in [5.41, 5.74) is 1.14. The standard InChI is InChI=1S/2C17H21FN2O/c2*1-11(2)9-17(4-6-19-10-17)16(21)13-7-12-3-5-20-15(12)14(18)8-13/h2*3,5,7-8,11,19-20H,4,6,9-10H2,1-2H3/t17-;/m1./s1. The number of rotatable bonds is 8. The van der Waals surface area contributed by atoms with Crippen LogP contribution in [0, 0.1) is 34.3 Å². The van der Waals surface area contributed by atoms with E-state index in [1.54, 1.807) is 36.7 Å². The molecule has 2 aliphatic heterocycles. The van der Waals surface area contributed by atoms with Crippen molar-refractivity contribution in [2.24, 2.45) is 22.7 Å². The third kappa shape index (κ3) is 5.92. The van der Waals surface area contributed by atoms with Crippen molar-refractivity contribution in [2.75, 3.05) is 26.2 Å². The van der Waals surface area contributed by atoms with Crippen LogP contribution in [0.5, 0.6) is 0 Å². The summed E-state index contributed by atoms with van der Waals surface area (Å²) in [6, 6.07) is 9.97. The van der Waals surface area contributed by atoms with Gasteiger partial charge in [-0.15, -0.1) is 0 Å². The number of H-pyrrole nitrogens is 2. The number of carbonyl (C=O) groups excluding carboxylic acids is 2. The van der Waals surface area contributed by atoms with Crippen molar-refractivity contribution in [3.8, 4) is 0 Å². The van der Waals surface area contributed by atoms with Gasteiger partial charge in [0.05, 0.1) is 11.0 Å². The van der Waals surface area contributed by atoms with Gasteiger partial charge in [-0.2, -0.15) is 0 Å². The summed E-state index contributed by atoms with van der Waals surface area (Å²) in [7, 11) is 0. The second kappa shape index (κ2) is 12.1. The molecule has 4 aromatic rings. The first-order valence-electron chi connectivity index (χ1n) is 15.1. The van der Waals surface area contributed by atoms with Gasteiger partial charge >= 0.3 is 0 Å². The van der Waals surface area contributed by atoms with Gasteiger partial charge < -0.3 is 20.6 Å². The summed E-state index contributed by atoms with van der Waals surface area (Å²) in [6.07, 6.45) is 6.73. The zero-order chi connectivity index (χ0) is 30.1. The van der Waals surface area contributed by atoms with Gasteiger partial charge in [-0.25, -0.2) is 8.78 Å². The maximum atomic E-state index is 14.1. The Hall–Kier alpha value is -3.36. The molecule has 4 heterocycles. The van der Waals surface area contributed by atoms with E-state index in [9.17, 15) is 18.4 Å². The fourth-order valence-electron chi connectivity index (χ4n) is 7.10. The van der Waals surface area contributed by atoms with Crippen LogP contribution in [0.3, 0.4) is 0 Å². The highest BCUT2D eigenvalue weighted by Crippen LogP contribution is 2.38.